The zero-order chi connectivity index (χ0) is 21.1. The molecule has 0 aliphatic heterocycles. The summed E-state index contributed by atoms with van der Waals surface area (Å²) < 4.78 is 0. The van der Waals surface area contributed by atoms with Crippen molar-refractivity contribution in [2.75, 3.05) is 5.32 Å². The zero-order valence-corrected chi connectivity index (χ0v) is 16.7. The van der Waals surface area contributed by atoms with Crippen LogP contribution in [-0.4, -0.2) is 22.8 Å². The number of hydrogen-bond donors (Lipinski definition) is 4. The minimum atomic E-state index is -0.431. The van der Waals surface area contributed by atoms with E-state index in [0.29, 0.717) is 5.69 Å². The van der Waals surface area contributed by atoms with Crippen LogP contribution >= 0.6 is 12.2 Å². The number of amides is 3. The van der Waals surface area contributed by atoms with E-state index in [9.17, 15) is 14.4 Å². The number of thiocarbonyl (C=S) groups is 1. The predicted octanol–water partition coefficient (Wildman–Crippen LogP) is 2.45. The zero-order valence-electron chi connectivity index (χ0n) is 15.9. The summed E-state index contributed by atoms with van der Waals surface area (Å²) in [6, 6.07) is 16.6. The average molecular weight is 410 g/mol. The van der Waals surface area contributed by atoms with E-state index in [2.05, 4.69) is 21.5 Å². The van der Waals surface area contributed by atoms with E-state index >= 15 is 0 Å². The van der Waals surface area contributed by atoms with Gasteiger partial charge >= 0.3 is 0 Å². The maximum atomic E-state index is 11.8. The van der Waals surface area contributed by atoms with Gasteiger partial charge in [-0.3, -0.25) is 30.6 Å². The molecule has 0 spiro atoms. The van der Waals surface area contributed by atoms with Crippen molar-refractivity contribution in [3.05, 3.63) is 71.8 Å². The molecule has 2 rings (SSSR count). The van der Waals surface area contributed by atoms with Gasteiger partial charge in [0.1, 0.15) is 0 Å². The lowest BCUT2D eigenvalue weighted by atomic mass is 10.1. The fraction of sp³-hybridized carbons (Fsp3) is 0.143. The first kappa shape index (κ1) is 21.8. The third-order valence-corrected chi connectivity index (χ3v) is 3.90. The molecule has 0 radical (unpaired) electrons. The molecule has 2 aromatic carbocycles. The molecule has 0 fully saturated rings. The van der Waals surface area contributed by atoms with Crippen LogP contribution in [-0.2, 0) is 14.4 Å². The molecular weight excluding hydrogens is 388 g/mol. The number of hydrogen-bond acceptors (Lipinski definition) is 4. The lowest BCUT2D eigenvalue weighted by molar-refractivity contribution is -0.124. The summed E-state index contributed by atoms with van der Waals surface area (Å²) in [4.78, 5) is 35.4. The molecule has 0 heterocycles. The third-order valence-electron chi connectivity index (χ3n) is 3.69. The second-order valence-electron chi connectivity index (χ2n) is 6.15. The van der Waals surface area contributed by atoms with Crippen molar-refractivity contribution in [3.8, 4) is 0 Å². The van der Waals surface area contributed by atoms with Crippen molar-refractivity contribution in [3.63, 3.8) is 0 Å². The molecule has 0 saturated carbocycles. The average Bonchev–Trinajstić information content (AvgIpc) is 2.71. The highest BCUT2D eigenvalue weighted by atomic mass is 32.1. The Hall–Kier alpha value is -3.52. The second-order valence-corrected chi connectivity index (χ2v) is 6.56. The van der Waals surface area contributed by atoms with Gasteiger partial charge in [0.05, 0.1) is 0 Å². The molecule has 4 N–H and O–H groups in total. The first-order valence-electron chi connectivity index (χ1n) is 8.92. The van der Waals surface area contributed by atoms with Gasteiger partial charge in [-0.2, -0.15) is 0 Å². The smallest absolute Gasteiger partial charge is 0.250 e. The van der Waals surface area contributed by atoms with Crippen LogP contribution in [0.1, 0.15) is 24.0 Å². The molecule has 3 amide bonds. The van der Waals surface area contributed by atoms with Gasteiger partial charge in [0.2, 0.25) is 17.7 Å². The first-order valence-corrected chi connectivity index (χ1v) is 9.32. The van der Waals surface area contributed by atoms with Gasteiger partial charge < -0.3 is 5.32 Å². The van der Waals surface area contributed by atoms with Gasteiger partial charge in [0, 0.05) is 24.6 Å². The highest BCUT2D eigenvalue weighted by Crippen LogP contribution is 2.06. The molecule has 150 valence electrons. The Morgan fingerprint density at radius 2 is 1.55 bits per heavy atom. The lowest BCUT2D eigenvalue weighted by Crippen LogP contribution is -2.48. The van der Waals surface area contributed by atoms with Crippen molar-refractivity contribution in [2.24, 2.45) is 0 Å². The van der Waals surface area contributed by atoms with Crippen LogP contribution in [0.2, 0.25) is 0 Å². The number of carbonyl (C=O) groups is 3. The molecular formula is C21H22N4O3S. The van der Waals surface area contributed by atoms with E-state index < -0.39 is 11.8 Å². The molecule has 0 bridgehead atoms. The van der Waals surface area contributed by atoms with Crippen molar-refractivity contribution in [1.82, 2.24) is 16.2 Å². The normalized spacial score (nSPS) is 10.2. The molecule has 29 heavy (non-hydrogen) atoms. The van der Waals surface area contributed by atoms with E-state index in [-0.39, 0.29) is 23.9 Å². The highest BCUT2D eigenvalue weighted by Gasteiger charge is 2.08. The monoisotopic (exact) mass is 410 g/mol. The van der Waals surface area contributed by atoms with Crippen molar-refractivity contribution in [1.29, 1.82) is 0 Å². The second kappa shape index (κ2) is 11.4. The van der Waals surface area contributed by atoms with Crippen LogP contribution in [0.4, 0.5) is 5.69 Å². The number of para-hydroxylation sites is 1. The quantitative estimate of drug-likeness (QED) is 0.333. The van der Waals surface area contributed by atoms with Crippen LogP contribution in [0.15, 0.2) is 60.7 Å². The Bertz CT molecular complexity index is 896. The SMILES string of the molecule is Cc1ccc(C=CC(=O)NC(=S)NNC(=O)CCC(=O)Nc2ccccc2)cc1. The van der Waals surface area contributed by atoms with Crippen LogP contribution in [0, 0.1) is 6.92 Å². The summed E-state index contributed by atoms with van der Waals surface area (Å²) in [6.45, 7) is 1.98. The molecule has 0 aromatic heterocycles. The number of rotatable bonds is 6. The molecule has 0 atom stereocenters. The van der Waals surface area contributed by atoms with Gasteiger partial charge in [0.25, 0.3) is 0 Å². The van der Waals surface area contributed by atoms with Crippen molar-refractivity contribution < 1.29 is 14.4 Å². The van der Waals surface area contributed by atoms with Gasteiger partial charge in [-0.1, -0.05) is 48.0 Å². The van der Waals surface area contributed by atoms with Crippen molar-refractivity contribution >= 4 is 46.8 Å². The Balaban J connectivity index is 1.64. The van der Waals surface area contributed by atoms with E-state index in [1.165, 1.54) is 6.08 Å². The number of carbonyl (C=O) groups excluding carboxylic acids is 3. The molecule has 0 aliphatic rings. The van der Waals surface area contributed by atoms with E-state index in [1.807, 2.05) is 37.3 Å². The Labute approximate surface area is 174 Å². The topological polar surface area (TPSA) is 99.3 Å². The molecule has 7 nitrogen and oxygen atoms in total. The number of hydrazine groups is 1. The molecule has 8 heteroatoms. The molecule has 2 aromatic rings. The summed E-state index contributed by atoms with van der Waals surface area (Å²) in [5, 5.41) is 5.05. The molecule has 0 aliphatic carbocycles. The van der Waals surface area contributed by atoms with E-state index in [0.717, 1.165) is 11.1 Å². The molecule has 0 unspecified atom stereocenters. The predicted molar refractivity (Wildman–Crippen MR) is 117 cm³/mol. The van der Waals surface area contributed by atoms with Crippen LogP contribution in [0.3, 0.4) is 0 Å². The van der Waals surface area contributed by atoms with Gasteiger partial charge in [0.15, 0.2) is 5.11 Å². The lowest BCUT2D eigenvalue weighted by Gasteiger charge is -2.10. The minimum Gasteiger partial charge on any atom is -0.326 e. The van der Waals surface area contributed by atoms with Crippen LogP contribution in [0.5, 0.6) is 0 Å². The van der Waals surface area contributed by atoms with Crippen molar-refractivity contribution in [2.45, 2.75) is 19.8 Å². The van der Waals surface area contributed by atoms with Crippen LogP contribution in [0.25, 0.3) is 6.08 Å². The Morgan fingerprint density at radius 3 is 2.24 bits per heavy atom. The fourth-order valence-electron chi connectivity index (χ4n) is 2.20. The number of nitrogens with one attached hydrogen (secondary N) is 4. The summed E-state index contributed by atoms with van der Waals surface area (Å²) >= 11 is 4.95. The van der Waals surface area contributed by atoms with E-state index in [4.69, 9.17) is 12.2 Å². The Morgan fingerprint density at radius 1 is 0.897 bits per heavy atom. The first-order chi connectivity index (χ1) is 13.9. The highest BCUT2D eigenvalue weighted by molar-refractivity contribution is 7.80. The number of benzene rings is 2. The maximum Gasteiger partial charge on any atom is 0.250 e. The standard InChI is InChI=1S/C21H22N4O3S/c1-15-7-9-16(10-8-15)11-12-19(27)23-21(29)25-24-20(28)14-13-18(26)22-17-5-3-2-4-6-17/h2-12H,13-14H2,1H3,(H,22,26)(H,24,28)(H2,23,25,27,29). The Kier molecular flexibility index (Phi) is 8.52. The van der Waals surface area contributed by atoms with E-state index in [1.54, 1.807) is 30.3 Å². The van der Waals surface area contributed by atoms with Gasteiger partial charge in [-0.05, 0) is 42.9 Å². The summed E-state index contributed by atoms with van der Waals surface area (Å²) in [6.07, 6.45) is 2.98. The number of aryl methyl sites for hydroxylation is 1. The van der Waals surface area contributed by atoms with Crippen LogP contribution < -0.4 is 21.5 Å². The van der Waals surface area contributed by atoms with Gasteiger partial charge in [-0.15, -0.1) is 0 Å². The number of anilines is 1. The maximum absolute atomic E-state index is 11.8. The summed E-state index contributed by atoms with van der Waals surface area (Å²) in [5.41, 5.74) is 7.44. The minimum absolute atomic E-state index is 0.0147. The summed E-state index contributed by atoms with van der Waals surface area (Å²) in [7, 11) is 0. The van der Waals surface area contributed by atoms with Gasteiger partial charge in [-0.25, -0.2) is 0 Å². The fourth-order valence-corrected chi connectivity index (χ4v) is 2.35. The summed E-state index contributed by atoms with van der Waals surface area (Å²) in [5.74, 6) is -1.14. The third kappa shape index (κ3) is 8.81. The molecule has 0 saturated heterocycles. The largest absolute Gasteiger partial charge is 0.326 e.